The molecule has 0 saturated heterocycles. The fourth-order valence-corrected chi connectivity index (χ4v) is 5.60. The highest BCUT2D eigenvalue weighted by Crippen LogP contribution is 2.42. The van der Waals surface area contributed by atoms with Gasteiger partial charge in [-0.05, 0) is 52.1 Å². The molecule has 2 aromatic heterocycles. The lowest BCUT2D eigenvalue weighted by Gasteiger charge is -2.34. The van der Waals surface area contributed by atoms with Crippen molar-refractivity contribution in [3.8, 4) is 16.9 Å². The second kappa shape index (κ2) is 11.6. The van der Waals surface area contributed by atoms with Gasteiger partial charge in [-0.15, -0.1) is 11.3 Å². The lowest BCUT2D eigenvalue weighted by atomic mass is 9.70. The number of carbonyl (C=O) groups is 1. The third-order valence-corrected chi connectivity index (χ3v) is 7.80. The average Bonchev–Trinajstić information content (AvgIpc) is 3.41. The number of anilines is 1. The van der Waals surface area contributed by atoms with Crippen LogP contribution in [0.5, 0.6) is 5.75 Å². The van der Waals surface area contributed by atoms with Crippen molar-refractivity contribution >= 4 is 22.4 Å². The van der Waals surface area contributed by atoms with E-state index in [1.165, 1.54) is 16.9 Å². The number of pyridine rings is 1. The molecule has 1 unspecified atom stereocenters. The zero-order chi connectivity index (χ0) is 27.2. The van der Waals surface area contributed by atoms with Crippen molar-refractivity contribution in [2.45, 2.75) is 26.2 Å². The van der Waals surface area contributed by atoms with Crippen LogP contribution in [0.25, 0.3) is 11.1 Å². The van der Waals surface area contributed by atoms with Gasteiger partial charge < -0.3 is 10.1 Å². The topological polar surface area (TPSA) is 64.1 Å². The van der Waals surface area contributed by atoms with Crippen LogP contribution in [0.1, 0.15) is 42.1 Å². The number of ether oxygens (including phenoxy) is 1. The maximum Gasteiger partial charge on any atom is 0.232 e. The summed E-state index contributed by atoms with van der Waals surface area (Å²) in [6.07, 6.45) is 4.30. The van der Waals surface area contributed by atoms with Gasteiger partial charge in [-0.3, -0.25) is 9.78 Å². The first-order valence-corrected chi connectivity index (χ1v) is 13.8. The summed E-state index contributed by atoms with van der Waals surface area (Å²) in [5, 5.41) is 5.71. The summed E-state index contributed by atoms with van der Waals surface area (Å²) in [5.74, 6) is 0.511. The molecule has 0 spiro atoms. The van der Waals surface area contributed by atoms with Gasteiger partial charge in [0, 0.05) is 30.1 Å². The minimum atomic E-state index is -0.762. The van der Waals surface area contributed by atoms with E-state index >= 15 is 0 Å². The quantitative estimate of drug-likeness (QED) is 0.212. The Balaban J connectivity index is 1.32. The number of nitrogens with one attached hydrogen (secondary N) is 1. The minimum Gasteiger partial charge on any atom is -0.497 e. The maximum absolute atomic E-state index is 13.7. The van der Waals surface area contributed by atoms with Crippen molar-refractivity contribution in [2.75, 3.05) is 12.4 Å². The van der Waals surface area contributed by atoms with E-state index in [9.17, 15) is 4.79 Å². The van der Waals surface area contributed by atoms with Gasteiger partial charge in [0.15, 0.2) is 5.13 Å². The van der Waals surface area contributed by atoms with Crippen molar-refractivity contribution in [2.24, 2.45) is 5.41 Å². The van der Waals surface area contributed by atoms with E-state index < -0.39 is 5.41 Å². The molecule has 6 heteroatoms. The molecule has 1 atom stereocenters. The second-order valence-corrected chi connectivity index (χ2v) is 10.9. The van der Waals surface area contributed by atoms with E-state index in [0.717, 1.165) is 33.7 Å². The molecule has 5 aromatic rings. The van der Waals surface area contributed by atoms with E-state index in [2.05, 4.69) is 52.8 Å². The molecule has 0 aliphatic carbocycles. The largest absolute Gasteiger partial charge is 0.497 e. The molecule has 0 aliphatic heterocycles. The molecular formula is C33H31N3O2S. The van der Waals surface area contributed by atoms with E-state index in [1.54, 1.807) is 19.5 Å². The van der Waals surface area contributed by atoms with Crippen LogP contribution >= 0.6 is 11.3 Å². The number of carbonyl (C=O) groups excluding carboxylic acids is 1. The zero-order valence-electron chi connectivity index (χ0n) is 22.3. The molecule has 0 bridgehead atoms. The Kier molecular flexibility index (Phi) is 7.84. The number of aromatic nitrogens is 2. The molecule has 5 nitrogen and oxygen atoms in total. The van der Waals surface area contributed by atoms with Crippen molar-refractivity contribution in [3.05, 3.63) is 131 Å². The SMILES string of the molecule is COc1cccc(C(c2ccccc2)C(C)(C)C(=O)Nc2nc(Cc3ccc(-c4ccncc4)cc3)cs2)c1. The van der Waals surface area contributed by atoms with E-state index in [-0.39, 0.29) is 11.8 Å². The molecule has 0 aliphatic rings. The summed E-state index contributed by atoms with van der Waals surface area (Å²) in [6, 6.07) is 30.6. The molecule has 1 amide bonds. The monoisotopic (exact) mass is 533 g/mol. The average molecular weight is 534 g/mol. The zero-order valence-corrected chi connectivity index (χ0v) is 23.1. The first-order valence-electron chi connectivity index (χ1n) is 12.9. The molecule has 5 rings (SSSR count). The number of hydrogen-bond acceptors (Lipinski definition) is 5. The molecule has 3 aromatic carbocycles. The van der Waals surface area contributed by atoms with Gasteiger partial charge in [-0.2, -0.15) is 0 Å². The van der Waals surface area contributed by atoms with Gasteiger partial charge in [0.05, 0.1) is 18.2 Å². The molecular weight excluding hydrogens is 502 g/mol. The molecule has 0 saturated carbocycles. The van der Waals surface area contributed by atoms with Crippen LogP contribution in [0, 0.1) is 5.41 Å². The van der Waals surface area contributed by atoms with Gasteiger partial charge in [-0.25, -0.2) is 4.98 Å². The molecule has 0 fully saturated rings. The Labute approximate surface area is 233 Å². The van der Waals surface area contributed by atoms with Gasteiger partial charge in [0.25, 0.3) is 0 Å². The third kappa shape index (κ3) is 6.07. The summed E-state index contributed by atoms with van der Waals surface area (Å²) in [7, 11) is 1.66. The van der Waals surface area contributed by atoms with Crippen LogP contribution in [0.3, 0.4) is 0 Å². The van der Waals surface area contributed by atoms with Crippen molar-refractivity contribution < 1.29 is 9.53 Å². The Bertz CT molecular complexity index is 1530. The van der Waals surface area contributed by atoms with Gasteiger partial charge in [-0.1, -0.05) is 80.6 Å². The molecule has 196 valence electrons. The Morgan fingerprint density at radius 3 is 2.31 bits per heavy atom. The van der Waals surface area contributed by atoms with E-state index in [0.29, 0.717) is 11.6 Å². The van der Waals surface area contributed by atoms with Gasteiger partial charge in [0.2, 0.25) is 5.91 Å². The first-order chi connectivity index (χ1) is 18.9. The summed E-state index contributed by atoms with van der Waals surface area (Å²) < 4.78 is 5.48. The second-order valence-electron chi connectivity index (χ2n) is 10.0. The fourth-order valence-electron chi connectivity index (χ4n) is 4.90. The third-order valence-electron chi connectivity index (χ3n) is 6.99. The fraction of sp³-hybridized carbons (Fsp3) is 0.182. The van der Waals surface area contributed by atoms with Gasteiger partial charge in [0.1, 0.15) is 5.75 Å². The standard InChI is InChI=1S/C33H31N3O2S/c1-33(2,30(26-8-5-4-6-9-26)27-10-7-11-29(21-27)38-3)31(37)36-32-35-28(22-39-32)20-23-12-14-24(15-13-23)25-16-18-34-19-17-25/h4-19,21-22,30H,20H2,1-3H3,(H,35,36,37). The summed E-state index contributed by atoms with van der Waals surface area (Å²) in [6.45, 7) is 3.97. The number of benzene rings is 3. The van der Waals surface area contributed by atoms with Crippen molar-refractivity contribution in [1.29, 1.82) is 0 Å². The normalized spacial score (nSPS) is 12.1. The Hall–Kier alpha value is -4.29. The van der Waals surface area contributed by atoms with Crippen LogP contribution in [-0.2, 0) is 11.2 Å². The number of rotatable bonds is 9. The van der Waals surface area contributed by atoms with Crippen LogP contribution in [0.15, 0.2) is 109 Å². The van der Waals surface area contributed by atoms with Gasteiger partial charge >= 0.3 is 0 Å². The number of thiazole rings is 1. The molecule has 0 radical (unpaired) electrons. The highest BCUT2D eigenvalue weighted by molar-refractivity contribution is 7.13. The first kappa shape index (κ1) is 26.3. The number of amides is 1. The van der Waals surface area contributed by atoms with Crippen molar-refractivity contribution in [3.63, 3.8) is 0 Å². The highest BCUT2D eigenvalue weighted by atomic mass is 32.1. The number of nitrogens with zero attached hydrogens (tertiary/aromatic N) is 2. The minimum absolute atomic E-state index is 0.0817. The van der Waals surface area contributed by atoms with Crippen LogP contribution in [-0.4, -0.2) is 23.0 Å². The molecule has 1 N–H and O–H groups in total. The van der Waals surface area contributed by atoms with Crippen LogP contribution < -0.4 is 10.1 Å². The van der Waals surface area contributed by atoms with E-state index in [4.69, 9.17) is 9.72 Å². The molecule has 39 heavy (non-hydrogen) atoms. The summed E-state index contributed by atoms with van der Waals surface area (Å²) in [4.78, 5) is 22.6. The predicted octanol–water partition coefficient (Wildman–Crippen LogP) is 7.60. The summed E-state index contributed by atoms with van der Waals surface area (Å²) >= 11 is 1.45. The Morgan fingerprint density at radius 1 is 0.897 bits per heavy atom. The number of hydrogen-bond donors (Lipinski definition) is 1. The van der Waals surface area contributed by atoms with Crippen LogP contribution in [0.2, 0.25) is 0 Å². The van der Waals surface area contributed by atoms with Crippen molar-refractivity contribution in [1.82, 2.24) is 9.97 Å². The predicted molar refractivity (Wildman–Crippen MR) is 158 cm³/mol. The highest BCUT2D eigenvalue weighted by Gasteiger charge is 2.39. The Morgan fingerprint density at radius 2 is 1.59 bits per heavy atom. The number of methoxy groups -OCH3 is 1. The lowest BCUT2D eigenvalue weighted by molar-refractivity contribution is -0.124. The molecule has 2 heterocycles. The smallest absolute Gasteiger partial charge is 0.232 e. The van der Waals surface area contributed by atoms with E-state index in [1.807, 2.05) is 67.8 Å². The lowest BCUT2D eigenvalue weighted by Crippen LogP contribution is -2.37. The van der Waals surface area contributed by atoms with Crippen LogP contribution in [0.4, 0.5) is 5.13 Å². The summed E-state index contributed by atoms with van der Waals surface area (Å²) in [5.41, 5.74) is 5.72. The maximum atomic E-state index is 13.7.